The van der Waals surface area contributed by atoms with Crippen LogP contribution in [0, 0.1) is 4.91 Å². The first-order valence-electron chi connectivity index (χ1n) is 10.5. The predicted octanol–water partition coefficient (Wildman–Crippen LogP) is 5.90. The molecule has 0 radical (unpaired) electrons. The van der Waals surface area contributed by atoms with E-state index in [1.165, 1.54) is 12.0 Å². The smallest absolute Gasteiger partial charge is 0.119 e. The molecule has 2 aromatic carbocycles. The second kappa shape index (κ2) is 7.20. The first-order valence-corrected chi connectivity index (χ1v) is 10.5. The first kappa shape index (κ1) is 18.2. The number of benzene rings is 2. The van der Waals surface area contributed by atoms with E-state index in [9.17, 15) is 4.91 Å². The lowest BCUT2D eigenvalue weighted by atomic mass is 9.72. The average Bonchev–Trinajstić information content (AvgIpc) is 2.77. The summed E-state index contributed by atoms with van der Waals surface area (Å²) in [6.45, 7) is 0. The van der Waals surface area contributed by atoms with Crippen molar-refractivity contribution in [1.82, 2.24) is 4.98 Å². The fourth-order valence-electron chi connectivity index (χ4n) is 4.65. The molecule has 0 amide bonds. The normalized spacial score (nSPS) is 19.8. The Kier molecular flexibility index (Phi) is 4.51. The Labute approximate surface area is 171 Å². The third kappa shape index (κ3) is 3.18. The van der Waals surface area contributed by atoms with Gasteiger partial charge in [0.2, 0.25) is 0 Å². The van der Waals surface area contributed by atoms with E-state index in [-0.39, 0.29) is 11.6 Å². The molecule has 0 spiro atoms. The molecule has 146 valence electrons. The predicted molar refractivity (Wildman–Crippen MR) is 116 cm³/mol. The van der Waals surface area contributed by atoms with Gasteiger partial charge >= 0.3 is 0 Å². The maximum absolute atomic E-state index is 11.4. The van der Waals surface area contributed by atoms with Crippen LogP contribution < -0.4 is 5.73 Å². The molecule has 5 rings (SSSR count). The zero-order valence-electron chi connectivity index (χ0n) is 16.5. The molecular weight excluding hydrogens is 358 g/mol. The number of nitrogens with two attached hydrogens (primary N) is 1. The van der Waals surface area contributed by atoms with Gasteiger partial charge in [-0.2, -0.15) is 4.91 Å². The number of nitrogens with zero attached hydrogens (tertiary/aromatic N) is 2. The Balaban J connectivity index is 1.64. The van der Waals surface area contributed by atoms with E-state index in [1.54, 1.807) is 0 Å². The number of aromatic nitrogens is 1. The van der Waals surface area contributed by atoms with Crippen molar-refractivity contribution in [1.29, 1.82) is 0 Å². The van der Waals surface area contributed by atoms with Crippen molar-refractivity contribution in [2.75, 3.05) is 0 Å². The standard InChI is InChI=1S/C25H25N3O/c26-25(14-5-15-25)19-12-10-18(11-13-19)24-20(17-6-2-1-3-7-17)16-21-22(27-24)8-4-9-23(21)28-29/h1-3,6-7,10-13,16,23H,4-5,8-9,14-15,26H2. The number of aryl methyl sites for hydroxylation is 1. The van der Waals surface area contributed by atoms with Crippen LogP contribution in [0.5, 0.6) is 0 Å². The zero-order valence-corrected chi connectivity index (χ0v) is 16.5. The minimum Gasteiger partial charge on any atom is -0.321 e. The van der Waals surface area contributed by atoms with Gasteiger partial charge in [-0.05, 0) is 55.7 Å². The van der Waals surface area contributed by atoms with Gasteiger partial charge in [-0.25, -0.2) is 0 Å². The highest BCUT2D eigenvalue weighted by Crippen LogP contribution is 2.41. The Bertz CT molecular complexity index is 1040. The van der Waals surface area contributed by atoms with Crippen LogP contribution in [0.4, 0.5) is 0 Å². The zero-order chi connectivity index (χ0) is 19.8. The fourth-order valence-corrected chi connectivity index (χ4v) is 4.65. The van der Waals surface area contributed by atoms with Gasteiger partial charge in [-0.1, -0.05) is 59.8 Å². The highest BCUT2D eigenvalue weighted by molar-refractivity contribution is 5.81. The van der Waals surface area contributed by atoms with Gasteiger partial charge in [0.05, 0.1) is 5.69 Å². The second-order valence-electron chi connectivity index (χ2n) is 8.39. The van der Waals surface area contributed by atoms with E-state index in [2.05, 4.69) is 47.6 Å². The van der Waals surface area contributed by atoms with E-state index in [0.717, 1.165) is 65.7 Å². The third-order valence-corrected chi connectivity index (χ3v) is 6.58. The van der Waals surface area contributed by atoms with Gasteiger partial charge in [0.25, 0.3) is 0 Å². The lowest BCUT2D eigenvalue weighted by molar-refractivity contribution is 0.253. The lowest BCUT2D eigenvalue weighted by Crippen LogP contribution is -2.43. The van der Waals surface area contributed by atoms with Crippen molar-refractivity contribution >= 4 is 0 Å². The molecule has 2 aliphatic carbocycles. The second-order valence-corrected chi connectivity index (χ2v) is 8.39. The summed E-state index contributed by atoms with van der Waals surface area (Å²) < 4.78 is 0. The van der Waals surface area contributed by atoms with Crippen molar-refractivity contribution in [3.05, 3.63) is 82.4 Å². The summed E-state index contributed by atoms with van der Waals surface area (Å²) in [5, 5.41) is 3.38. The number of pyridine rings is 1. The number of rotatable bonds is 4. The Morgan fingerprint density at radius 2 is 1.72 bits per heavy atom. The lowest BCUT2D eigenvalue weighted by Gasteiger charge is -2.38. The maximum atomic E-state index is 11.4. The summed E-state index contributed by atoms with van der Waals surface area (Å²) in [5.41, 5.74) is 13.7. The Morgan fingerprint density at radius 3 is 2.38 bits per heavy atom. The van der Waals surface area contributed by atoms with Crippen LogP contribution >= 0.6 is 0 Å². The number of hydrogen-bond acceptors (Lipinski definition) is 4. The maximum Gasteiger partial charge on any atom is 0.119 e. The molecule has 3 aromatic rings. The van der Waals surface area contributed by atoms with Crippen LogP contribution in [0.2, 0.25) is 0 Å². The molecule has 1 unspecified atom stereocenters. The minimum atomic E-state index is -0.291. The Hall–Kier alpha value is -2.85. The van der Waals surface area contributed by atoms with Gasteiger partial charge in [-0.15, -0.1) is 0 Å². The molecule has 29 heavy (non-hydrogen) atoms. The van der Waals surface area contributed by atoms with E-state index < -0.39 is 0 Å². The summed E-state index contributed by atoms with van der Waals surface area (Å²) in [7, 11) is 0. The van der Waals surface area contributed by atoms with Crippen molar-refractivity contribution in [2.24, 2.45) is 10.9 Å². The van der Waals surface area contributed by atoms with Crippen molar-refractivity contribution in [3.8, 4) is 22.4 Å². The highest BCUT2D eigenvalue weighted by atomic mass is 16.3. The Morgan fingerprint density at radius 1 is 0.966 bits per heavy atom. The largest absolute Gasteiger partial charge is 0.321 e. The fraction of sp³-hybridized carbons (Fsp3) is 0.320. The van der Waals surface area contributed by atoms with Crippen LogP contribution in [0.3, 0.4) is 0 Å². The molecule has 0 bridgehead atoms. The topological polar surface area (TPSA) is 68.3 Å². The van der Waals surface area contributed by atoms with Gasteiger partial charge in [0.1, 0.15) is 6.04 Å². The average molecular weight is 383 g/mol. The van der Waals surface area contributed by atoms with E-state index in [4.69, 9.17) is 10.7 Å². The summed E-state index contributed by atoms with van der Waals surface area (Å²) in [6.07, 6.45) is 5.97. The van der Waals surface area contributed by atoms with E-state index in [0.29, 0.717) is 0 Å². The summed E-state index contributed by atoms with van der Waals surface area (Å²) in [5.74, 6) is 0. The SMILES string of the molecule is NC1(c2ccc(-c3nc4c(cc3-c3ccccc3)C(N=O)CCC4)cc2)CCC1. The van der Waals surface area contributed by atoms with Crippen molar-refractivity contribution < 1.29 is 0 Å². The summed E-state index contributed by atoms with van der Waals surface area (Å²) in [4.78, 5) is 16.5. The molecular formula is C25H25N3O. The molecule has 4 nitrogen and oxygen atoms in total. The van der Waals surface area contributed by atoms with Crippen molar-refractivity contribution in [3.63, 3.8) is 0 Å². The van der Waals surface area contributed by atoms with Crippen LogP contribution in [0.25, 0.3) is 22.4 Å². The quantitative estimate of drug-likeness (QED) is 0.571. The number of fused-ring (bicyclic) bond motifs is 1. The number of nitroso groups, excluding NO2 is 1. The monoisotopic (exact) mass is 383 g/mol. The first-order chi connectivity index (χ1) is 14.2. The minimum absolute atomic E-state index is 0.160. The molecule has 1 atom stereocenters. The van der Waals surface area contributed by atoms with E-state index in [1.807, 2.05) is 18.2 Å². The van der Waals surface area contributed by atoms with Crippen LogP contribution in [0.15, 0.2) is 65.8 Å². The molecule has 1 aromatic heterocycles. The van der Waals surface area contributed by atoms with Gasteiger partial charge < -0.3 is 5.73 Å². The molecule has 2 aliphatic rings. The summed E-state index contributed by atoms with van der Waals surface area (Å²) >= 11 is 0. The van der Waals surface area contributed by atoms with Gasteiger partial charge in [-0.3, -0.25) is 4.98 Å². The van der Waals surface area contributed by atoms with Gasteiger partial charge in [0, 0.05) is 27.9 Å². The van der Waals surface area contributed by atoms with Gasteiger partial charge in [0.15, 0.2) is 0 Å². The molecule has 4 heteroatoms. The highest BCUT2D eigenvalue weighted by Gasteiger charge is 2.34. The van der Waals surface area contributed by atoms with Crippen molar-refractivity contribution in [2.45, 2.75) is 50.1 Å². The van der Waals surface area contributed by atoms with E-state index >= 15 is 0 Å². The number of hydrogen-bond donors (Lipinski definition) is 1. The molecule has 1 heterocycles. The molecule has 1 fully saturated rings. The summed E-state index contributed by atoms with van der Waals surface area (Å²) in [6, 6.07) is 20.7. The van der Waals surface area contributed by atoms with Crippen LogP contribution in [0.1, 0.15) is 55.0 Å². The van der Waals surface area contributed by atoms with Crippen LogP contribution in [-0.4, -0.2) is 4.98 Å². The van der Waals surface area contributed by atoms with Crippen LogP contribution in [-0.2, 0) is 12.0 Å². The molecule has 0 saturated heterocycles. The molecule has 0 aliphatic heterocycles. The molecule has 2 N–H and O–H groups in total. The molecule has 1 saturated carbocycles. The third-order valence-electron chi connectivity index (χ3n) is 6.58.